The van der Waals surface area contributed by atoms with Gasteiger partial charge in [-0.2, -0.15) is 0 Å². The van der Waals surface area contributed by atoms with E-state index in [0.29, 0.717) is 11.2 Å². The Labute approximate surface area is 115 Å². The lowest BCUT2D eigenvalue weighted by Gasteiger charge is -2.15. The van der Waals surface area contributed by atoms with Crippen molar-refractivity contribution in [3.8, 4) is 0 Å². The topological polar surface area (TPSA) is 37.8 Å². The van der Waals surface area contributed by atoms with Crippen LogP contribution in [0.3, 0.4) is 0 Å². The van der Waals surface area contributed by atoms with Crippen LogP contribution in [-0.2, 0) is 6.42 Å². The predicted molar refractivity (Wildman–Crippen MR) is 80.3 cm³/mol. The lowest BCUT2D eigenvalue weighted by atomic mass is 10.2. The Morgan fingerprint density at radius 1 is 1.22 bits per heavy atom. The van der Waals surface area contributed by atoms with Crippen molar-refractivity contribution in [1.29, 1.82) is 0 Å². The molecule has 0 bridgehead atoms. The summed E-state index contributed by atoms with van der Waals surface area (Å²) < 4.78 is 0. The molecular formula is C14H25N3S. The number of aryl methyl sites for hydroxylation is 1. The third kappa shape index (κ3) is 4.84. The van der Waals surface area contributed by atoms with E-state index in [1.807, 2.05) is 11.8 Å². The molecule has 0 fully saturated rings. The van der Waals surface area contributed by atoms with E-state index in [1.165, 1.54) is 0 Å². The normalized spacial score (nSPS) is 12.8. The Hall–Kier alpha value is -0.770. The third-order valence-corrected chi connectivity index (χ3v) is 4.23. The molecule has 0 aliphatic heterocycles. The molecule has 3 nitrogen and oxygen atoms in total. The quantitative estimate of drug-likeness (QED) is 0.598. The predicted octanol–water partition coefficient (Wildman–Crippen LogP) is 4.00. The molecule has 18 heavy (non-hydrogen) atoms. The van der Waals surface area contributed by atoms with E-state index in [4.69, 9.17) is 0 Å². The van der Waals surface area contributed by atoms with Gasteiger partial charge in [0.2, 0.25) is 0 Å². The molecule has 0 saturated heterocycles. The zero-order valence-electron chi connectivity index (χ0n) is 12.2. The molecule has 1 aromatic heterocycles. The second-order valence-electron chi connectivity index (χ2n) is 4.85. The van der Waals surface area contributed by atoms with E-state index in [-0.39, 0.29) is 0 Å². The van der Waals surface area contributed by atoms with Crippen LogP contribution >= 0.6 is 11.8 Å². The zero-order chi connectivity index (χ0) is 13.5. The van der Waals surface area contributed by atoms with Crippen molar-refractivity contribution in [3.05, 3.63) is 11.9 Å². The van der Waals surface area contributed by atoms with Gasteiger partial charge < -0.3 is 5.32 Å². The van der Waals surface area contributed by atoms with Gasteiger partial charge in [0.05, 0.1) is 0 Å². The largest absolute Gasteiger partial charge is 0.370 e. The molecule has 1 unspecified atom stereocenters. The maximum absolute atomic E-state index is 4.59. The number of hydrogen-bond acceptors (Lipinski definition) is 4. The fraction of sp³-hybridized carbons (Fsp3) is 0.714. The first-order chi connectivity index (χ1) is 8.56. The van der Waals surface area contributed by atoms with Crippen LogP contribution < -0.4 is 5.32 Å². The molecule has 0 amide bonds. The first-order valence-electron chi connectivity index (χ1n) is 6.85. The van der Waals surface area contributed by atoms with Gasteiger partial charge in [-0.15, -0.1) is 11.8 Å². The van der Waals surface area contributed by atoms with Gasteiger partial charge in [-0.3, -0.25) is 0 Å². The van der Waals surface area contributed by atoms with Crippen molar-refractivity contribution in [1.82, 2.24) is 9.97 Å². The molecule has 0 saturated carbocycles. The molecule has 102 valence electrons. The van der Waals surface area contributed by atoms with Crippen LogP contribution in [0.25, 0.3) is 0 Å². The number of hydrogen-bond donors (Lipinski definition) is 1. The minimum absolute atomic E-state index is 0.573. The second kappa shape index (κ2) is 7.62. The van der Waals surface area contributed by atoms with Crippen molar-refractivity contribution >= 4 is 17.6 Å². The van der Waals surface area contributed by atoms with Gasteiger partial charge >= 0.3 is 0 Å². The van der Waals surface area contributed by atoms with Crippen LogP contribution in [0.5, 0.6) is 0 Å². The summed E-state index contributed by atoms with van der Waals surface area (Å²) in [4.78, 5) is 9.10. The van der Waals surface area contributed by atoms with Crippen LogP contribution in [-0.4, -0.2) is 21.8 Å². The molecule has 1 atom stereocenters. The number of nitrogens with one attached hydrogen (secondary N) is 1. The van der Waals surface area contributed by atoms with Crippen molar-refractivity contribution in [2.45, 2.75) is 57.7 Å². The van der Waals surface area contributed by atoms with Crippen LogP contribution in [0.1, 0.15) is 46.9 Å². The summed E-state index contributed by atoms with van der Waals surface area (Å²) in [7, 11) is 0. The van der Waals surface area contributed by atoms with Crippen LogP contribution in [0.4, 0.5) is 5.82 Å². The first kappa shape index (κ1) is 15.3. The average molecular weight is 267 g/mol. The fourth-order valence-electron chi connectivity index (χ4n) is 1.36. The van der Waals surface area contributed by atoms with E-state index in [0.717, 1.165) is 36.1 Å². The molecular weight excluding hydrogens is 242 g/mol. The van der Waals surface area contributed by atoms with Crippen molar-refractivity contribution < 1.29 is 0 Å². The molecule has 0 radical (unpaired) electrons. The van der Waals surface area contributed by atoms with Crippen molar-refractivity contribution in [2.24, 2.45) is 5.92 Å². The summed E-state index contributed by atoms with van der Waals surface area (Å²) in [5.41, 5.74) is 0. The van der Waals surface area contributed by atoms with Gasteiger partial charge in [0.25, 0.3) is 0 Å². The molecule has 0 aliphatic carbocycles. The molecule has 0 aliphatic rings. The summed E-state index contributed by atoms with van der Waals surface area (Å²) in [6.45, 7) is 12.0. The minimum Gasteiger partial charge on any atom is -0.370 e. The maximum atomic E-state index is 4.59. The Balaban J connectivity index is 2.82. The van der Waals surface area contributed by atoms with Crippen LogP contribution in [0, 0.1) is 5.92 Å². The summed E-state index contributed by atoms with van der Waals surface area (Å²) in [6.07, 6.45) is 1.99. The highest BCUT2D eigenvalue weighted by molar-refractivity contribution is 7.99. The van der Waals surface area contributed by atoms with Crippen molar-refractivity contribution in [2.75, 3.05) is 11.9 Å². The number of nitrogens with zero attached hydrogens (tertiary/aromatic N) is 2. The number of anilines is 1. The SMILES string of the molecule is CCCNc1cc(SC(C)C(C)C)nc(CC)n1. The van der Waals surface area contributed by atoms with Crippen molar-refractivity contribution in [3.63, 3.8) is 0 Å². The van der Waals surface area contributed by atoms with Gasteiger partial charge in [0.15, 0.2) is 0 Å². The van der Waals surface area contributed by atoms with Gasteiger partial charge in [-0.05, 0) is 12.3 Å². The Bertz CT molecular complexity index is 366. The molecule has 0 aromatic carbocycles. The monoisotopic (exact) mass is 267 g/mol. The standard InChI is InChI=1S/C14H25N3S/c1-6-8-15-13-9-14(17-12(7-2)16-13)18-11(5)10(3)4/h9-11H,6-8H2,1-5H3,(H,15,16,17). The summed E-state index contributed by atoms with van der Waals surface area (Å²) >= 11 is 1.84. The van der Waals surface area contributed by atoms with E-state index in [9.17, 15) is 0 Å². The first-order valence-corrected chi connectivity index (χ1v) is 7.73. The smallest absolute Gasteiger partial charge is 0.131 e. The molecule has 1 aromatic rings. The summed E-state index contributed by atoms with van der Waals surface area (Å²) in [6, 6.07) is 2.07. The summed E-state index contributed by atoms with van der Waals surface area (Å²) in [5.74, 6) is 2.54. The van der Waals surface area contributed by atoms with E-state index in [2.05, 4.69) is 56.0 Å². The molecule has 4 heteroatoms. The fourth-order valence-corrected chi connectivity index (χ4v) is 2.35. The van der Waals surface area contributed by atoms with E-state index in [1.54, 1.807) is 0 Å². The highest BCUT2D eigenvalue weighted by atomic mass is 32.2. The molecule has 1 heterocycles. The molecule has 1 N–H and O–H groups in total. The number of thioether (sulfide) groups is 1. The summed E-state index contributed by atoms with van der Waals surface area (Å²) in [5, 5.41) is 5.01. The lowest BCUT2D eigenvalue weighted by Crippen LogP contribution is -2.08. The molecule has 0 spiro atoms. The highest BCUT2D eigenvalue weighted by Gasteiger charge is 2.11. The lowest BCUT2D eigenvalue weighted by molar-refractivity contribution is 0.641. The average Bonchev–Trinajstić information content (AvgIpc) is 2.35. The maximum Gasteiger partial charge on any atom is 0.131 e. The highest BCUT2D eigenvalue weighted by Crippen LogP contribution is 2.27. The zero-order valence-corrected chi connectivity index (χ0v) is 13.0. The Kier molecular flexibility index (Phi) is 6.47. The number of rotatable bonds is 7. The Morgan fingerprint density at radius 2 is 1.94 bits per heavy atom. The molecule has 1 rings (SSSR count). The third-order valence-electron chi connectivity index (χ3n) is 2.87. The van der Waals surface area contributed by atoms with Gasteiger partial charge in [0.1, 0.15) is 16.7 Å². The van der Waals surface area contributed by atoms with Crippen LogP contribution in [0.2, 0.25) is 0 Å². The van der Waals surface area contributed by atoms with Crippen LogP contribution in [0.15, 0.2) is 11.1 Å². The Morgan fingerprint density at radius 3 is 2.50 bits per heavy atom. The number of aromatic nitrogens is 2. The minimum atomic E-state index is 0.573. The van der Waals surface area contributed by atoms with E-state index < -0.39 is 0 Å². The van der Waals surface area contributed by atoms with Gasteiger partial charge in [-0.25, -0.2) is 9.97 Å². The van der Waals surface area contributed by atoms with Gasteiger partial charge in [-0.1, -0.05) is 34.6 Å². The second-order valence-corrected chi connectivity index (χ2v) is 6.25. The van der Waals surface area contributed by atoms with E-state index >= 15 is 0 Å². The van der Waals surface area contributed by atoms with Gasteiger partial charge in [0, 0.05) is 24.3 Å².